The molecule has 194 valence electrons. The van der Waals surface area contributed by atoms with Gasteiger partial charge in [0.25, 0.3) is 0 Å². The zero-order chi connectivity index (χ0) is 25.2. The lowest BCUT2D eigenvalue weighted by atomic mass is 9.78. The van der Waals surface area contributed by atoms with Crippen LogP contribution >= 0.6 is 0 Å². The Balaban J connectivity index is 1.14. The normalized spacial score (nSPS) is 28.4. The lowest BCUT2D eigenvalue weighted by Gasteiger charge is -2.29. The minimum absolute atomic E-state index is 0.0430. The van der Waals surface area contributed by atoms with Crippen LogP contribution in [0.15, 0.2) is 36.4 Å². The third-order valence-corrected chi connectivity index (χ3v) is 8.34. The van der Waals surface area contributed by atoms with E-state index in [-0.39, 0.29) is 36.2 Å². The number of benzene rings is 2. The highest BCUT2D eigenvalue weighted by atomic mass is 19.2. The topological polar surface area (TPSA) is 21.8 Å². The molecule has 1 saturated heterocycles. The molecule has 1 unspecified atom stereocenters. The monoisotopic (exact) mass is 502 g/mol. The van der Waals surface area contributed by atoms with E-state index in [1.165, 1.54) is 0 Å². The van der Waals surface area contributed by atoms with Gasteiger partial charge in [0.1, 0.15) is 6.10 Å². The number of epoxide rings is 1. The van der Waals surface area contributed by atoms with Gasteiger partial charge in [0.2, 0.25) is 5.82 Å². The lowest BCUT2D eigenvalue weighted by Crippen LogP contribution is -2.20. The summed E-state index contributed by atoms with van der Waals surface area (Å²) in [5.74, 6) is -2.63. The van der Waals surface area contributed by atoms with Gasteiger partial charge in [0, 0.05) is 5.56 Å². The van der Waals surface area contributed by atoms with Gasteiger partial charge in [-0.25, -0.2) is 13.2 Å². The summed E-state index contributed by atoms with van der Waals surface area (Å²) in [5, 5.41) is 0. The smallest absolute Gasteiger partial charge is 0.200 e. The molecule has 2 aromatic carbocycles. The molecule has 0 aromatic heterocycles. The number of hydrogen-bond acceptors (Lipinski definition) is 2. The first-order valence-corrected chi connectivity index (χ1v) is 13.3. The van der Waals surface area contributed by atoms with Gasteiger partial charge in [-0.05, 0) is 99.2 Å². The Hall–Kier alpha value is -2.34. The van der Waals surface area contributed by atoms with E-state index in [1.54, 1.807) is 24.3 Å². The van der Waals surface area contributed by atoms with Crippen LogP contribution in [-0.4, -0.2) is 13.2 Å². The van der Waals surface area contributed by atoms with Gasteiger partial charge in [-0.1, -0.05) is 30.4 Å². The van der Waals surface area contributed by atoms with Crippen LogP contribution in [0, 0.1) is 35.1 Å². The first kappa shape index (κ1) is 25.3. The van der Waals surface area contributed by atoms with Crippen molar-refractivity contribution < 1.29 is 27.0 Å². The summed E-state index contributed by atoms with van der Waals surface area (Å²) in [4.78, 5) is 0. The Morgan fingerprint density at radius 2 is 1.28 bits per heavy atom. The standard InChI is InChI=1S/C30H34F4O2/c1-2-3-18-4-8-20(9-5-18)23-14-15-25(30(34)28(23)32)35-16-19-6-10-21(11-7-19)22-12-13-24(26-17-36-26)29(33)27(22)31/h2-3,12-15,18-21,26H,4-11,16-17H2,1H3/b3-2+. The van der Waals surface area contributed by atoms with Crippen LogP contribution in [0.25, 0.3) is 0 Å². The van der Waals surface area contributed by atoms with Crippen molar-refractivity contribution in [2.75, 3.05) is 13.2 Å². The molecule has 1 aliphatic heterocycles. The molecule has 36 heavy (non-hydrogen) atoms. The van der Waals surface area contributed by atoms with Crippen LogP contribution in [0.5, 0.6) is 5.75 Å². The summed E-state index contributed by atoms with van der Waals surface area (Å²) in [6, 6.07) is 6.55. The molecule has 1 heterocycles. The molecular weight excluding hydrogens is 468 g/mol. The minimum Gasteiger partial charge on any atom is -0.490 e. The van der Waals surface area contributed by atoms with Crippen LogP contribution < -0.4 is 4.74 Å². The number of rotatable bonds is 7. The molecule has 2 aliphatic carbocycles. The molecule has 2 saturated carbocycles. The van der Waals surface area contributed by atoms with Crippen molar-refractivity contribution in [3.63, 3.8) is 0 Å². The summed E-state index contributed by atoms with van der Waals surface area (Å²) in [6.07, 6.45) is 10.6. The molecule has 2 nitrogen and oxygen atoms in total. The van der Waals surface area contributed by atoms with Gasteiger partial charge >= 0.3 is 0 Å². The Labute approximate surface area is 210 Å². The zero-order valence-corrected chi connectivity index (χ0v) is 20.8. The fourth-order valence-corrected chi connectivity index (χ4v) is 6.09. The maximum Gasteiger partial charge on any atom is 0.200 e. The first-order chi connectivity index (χ1) is 17.5. The molecule has 0 bridgehead atoms. The predicted octanol–water partition coefficient (Wildman–Crippen LogP) is 8.52. The molecule has 3 fully saturated rings. The molecule has 0 radical (unpaired) electrons. The summed E-state index contributed by atoms with van der Waals surface area (Å²) in [5.41, 5.74) is 1.16. The number of halogens is 4. The van der Waals surface area contributed by atoms with Crippen molar-refractivity contribution in [1.82, 2.24) is 0 Å². The third-order valence-electron chi connectivity index (χ3n) is 8.34. The van der Waals surface area contributed by atoms with E-state index >= 15 is 0 Å². The molecule has 5 rings (SSSR count). The van der Waals surface area contributed by atoms with Crippen molar-refractivity contribution in [2.24, 2.45) is 11.8 Å². The maximum atomic E-state index is 14.9. The highest BCUT2D eigenvalue weighted by molar-refractivity contribution is 5.34. The van der Waals surface area contributed by atoms with E-state index in [9.17, 15) is 17.6 Å². The average Bonchev–Trinajstić information content (AvgIpc) is 3.73. The van der Waals surface area contributed by atoms with Crippen molar-refractivity contribution in [3.8, 4) is 5.75 Å². The maximum absolute atomic E-state index is 14.9. The Morgan fingerprint density at radius 3 is 1.89 bits per heavy atom. The predicted molar refractivity (Wildman–Crippen MR) is 131 cm³/mol. The molecule has 0 spiro atoms. The first-order valence-electron chi connectivity index (χ1n) is 13.3. The fourth-order valence-electron chi connectivity index (χ4n) is 6.09. The van der Waals surface area contributed by atoms with Gasteiger partial charge in [0.15, 0.2) is 23.2 Å². The molecule has 2 aromatic rings. The second-order valence-electron chi connectivity index (χ2n) is 10.6. The summed E-state index contributed by atoms with van der Waals surface area (Å²) in [7, 11) is 0. The molecular formula is C30H34F4O2. The number of allylic oxidation sites excluding steroid dienone is 2. The Bertz CT molecular complexity index is 1090. The van der Waals surface area contributed by atoms with E-state index in [4.69, 9.17) is 9.47 Å². The van der Waals surface area contributed by atoms with E-state index in [0.717, 1.165) is 38.5 Å². The van der Waals surface area contributed by atoms with Crippen LogP contribution in [0.3, 0.4) is 0 Å². The van der Waals surface area contributed by atoms with Crippen LogP contribution in [0.4, 0.5) is 17.6 Å². The van der Waals surface area contributed by atoms with Gasteiger partial charge in [0.05, 0.1) is 13.2 Å². The van der Waals surface area contributed by atoms with Gasteiger partial charge < -0.3 is 9.47 Å². The quantitative estimate of drug-likeness (QED) is 0.215. The van der Waals surface area contributed by atoms with Crippen molar-refractivity contribution in [1.29, 1.82) is 0 Å². The highest BCUT2D eigenvalue weighted by Crippen LogP contribution is 2.41. The largest absolute Gasteiger partial charge is 0.490 e. The van der Waals surface area contributed by atoms with Crippen LogP contribution in [0.1, 0.15) is 92.9 Å². The van der Waals surface area contributed by atoms with Crippen molar-refractivity contribution in [2.45, 2.75) is 76.2 Å². The molecule has 3 aliphatic rings. The molecule has 0 N–H and O–H groups in total. The molecule has 6 heteroatoms. The second-order valence-corrected chi connectivity index (χ2v) is 10.6. The fraction of sp³-hybridized carbons (Fsp3) is 0.533. The van der Waals surface area contributed by atoms with Gasteiger partial charge in [-0.15, -0.1) is 0 Å². The number of hydrogen-bond donors (Lipinski definition) is 0. The average molecular weight is 503 g/mol. The Kier molecular flexibility index (Phi) is 7.71. The summed E-state index contributed by atoms with van der Waals surface area (Å²) >= 11 is 0. The second kappa shape index (κ2) is 11.0. The lowest BCUT2D eigenvalue weighted by molar-refractivity contribution is 0.191. The molecule has 1 atom stereocenters. The highest BCUT2D eigenvalue weighted by Gasteiger charge is 2.32. The molecule has 0 amide bonds. The SMILES string of the molecule is C/C=C/C1CCC(c2ccc(OCC3CCC(c4ccc(C5CO5)c(F)c4F)CC3)c(F)c2F)CC1. The van der Waals surface area contributed by atoms with Crippen molar-refractivity contribution in [3.05, 3.63) is 76.4 Å². The van der Waals surface area contributed by atoms with E-state index in [0.29, 0.717) is 42.1 Å². The van der Waals surface area contributed by atoms with Gasteiger partial charge in [-0.2, -0.15) is 4.39 Å². The summed E-state index contributed by atoms with van der Waals surface area (Å²) in [6.45, 7) is 2.73. The van der Waals surface area contributed by atoms with E-state index in [2.05, 4.69) is 12.2 Å². The van der Waals surface area contributed by atoms with E-state index < -0.39 is 23.3 Å². The van der Waals surface area contributed by atoms with Crippen LogP contribution in [-0.2, 0) is 4.74 Å². The minimum atomic E-state index is -0.908. The summed E-state index contributed by atoms with van der Waals surface area (Å²) < 4.78 is 69.6. The van der Waals surface area contributed by atoms with Gasteiger partial charge in [-0.3, -0.25) is 0 Å². The van der Waals surface area contributed by atoms with Crippen LogP contribution in [0.2, 0.25) is 0 Å². The van der Waals surface area contributed by atoms with Crippen molar-refractivity contribution >= 4 is 0 Å². The van der Waals surface area contributed by atoms with E-state index in [1.807, 2.05) is 6.92 Å². The zero-order valence-electron chi connectivity index (χ0n) is 20.8. The Morgan fingerprint density at radius 1 is 0.750 bits per heavy atom. The third kappa shape index (κ3) is 5.34. The number of ether oxygens (including phenoxy) is 2.